The number of aliphatic carboxylic acids is 1. The number of carboxylic acids is 1. The summed E-state index contributed by atoms with van der Waals surface area (Å²) in [7, 11) is 1.46. The minimum absolute atomic E-state index is 0.0698. The van der Waals surface area contributed by atoms with Gasteiger partial charge in [-0.05, 0) is 30.4 Å². The SMILES string of the molecule is CCCC(CCNc1nc(Cl)nc(OC)n1)CCC(=O)O. The number of aromatic nitrogens is 3. The molecule has 1 aromatic rings. The molecule has 0 spiro atoms. The van der Waals surface area contributed by atoms with Gasteiger partial charge in [0.2, 0.25) is 11.2 Å². The van der Waals surface area contributed by atoms with Crippen LogP contribution in [0.5, 0.6) is 6.01 Å². The lowest BCUT2D eigenvalue weighted by Gasteiger charge is -2.15. The number of rotatable bonds is 10. The quantitative estimate of drug-likeness (QED) is 0.684. The predicted octanol–water partition coefficient (Wildman–Crippen LogP) is 2.62. The summed E-state index contributed by atoms with van der Waals surface area (Å²) in [5, 5.41) is 11.9. The second-order valence-corrected chi connectivity index (χ2v) is 5.06. The molecule has 0 aliphatic carbocycles. The fraction of sp³-hybridized carbons (Fsp3) is 0.692. The lowest BCUT2D eigenvalue weighted by molar-refractivity contribution is -0.137. The molecule has 1 aromatic heterocycles. The molecule has 0 fully saturated rings. The van der Waals surface area contributed by atoms with Crippen molar-refractivity contribution in [3.05, 3.63) is 5.28 Å². The van der Waals surface area contributed by atoms with Crippen LogP contribution in [0.2, 0.25) is 5.28 Å². The van der Waals surface area contributed by atoms with Crippen molar-refractivity contribution < 1.29 is 14.6 Å². The van der Waals surface area contributed by atoms with Crippen molar-refractivity contribution in [2.24, 2.45) is 5.92 Å². The third-order valence-corrected chi connectivity index (χ3v) is 3.24. The van der Waals surface area contributed by atoms with Gasteiger partial charge in [0.15, 0.2) is 0 Å². The Labute approximate surface area is 129 Å². The molecule has 0 aromatic carbocycles. The van der Waals surface area contributed by atoms with Crippen molar-refractivity contribution in [1.29, 1.82) is 0 Å². The van der Waals surface area contributed by atoms with Crippen LogP contribution in [0.25, 0.3) is 0 Å². The average molecular weight is 317 g/mol. The smallest absolute Gasteiger partial charge is 0.322 e. The van der Waals surface area contributed by atoms with Gasteiger partial charge < -0.3 is 15.2 Å². The van der Waals surface area contributed by atoms with Gasteiger partial charge in [-0.1, -0.05) is 19.8 Å². The lowest BCUT2D eigenvalue weighted by atomic mass is 9.94. The Bertz CT molecular complexity index is 459. The van der Waals surface area contributed by atoms with Gasteiger partial charge in [0.05, 0.1) is 7.11 Å². The van der Waals surface area contributed by atoms with Crippen LogP contribution in [0, 0.1) is 5.92 Å². The maximum atomic E-state index is 10.6. The van der Waals surface area contributed by atoms with Crippen LogP contribution in [0.4, 0.5) is 5.95 Å². The van der Waals surface area contributed by atoms with Crippen LogP contribution in [0.15, 0.2) is 0 Å². The molecule has 118 valence electrons. The van der Waals surface area contributed by atoms with Gasteiger partial charge in [0.25, 0.3) is 0 Å². The molecule has 1 atom stereocenters. The molecule has 0 aliphatic heterocycles. The molecule has 1 rings (SSSR count). The molecule has 7 nitrogen and oxygen atoms in total. The summed E-state index contributed by atoms with van der Waals surface area (Å²) in [6.07, 6.45) is 3.79. The molecular weight excluding hydrogens is 296 g/mol. The van der Waals surface area contributed by atoms with E-state index in [9.17, 15) is 4.79 Å². The maximum Gasteiger partial charge on any atom is 0.322 e. The van der Waals surface area contributed by atoms with Gasteiger partial charge in [-0.25, -0.2) is 0 Å². The van der Waals surface area contributed by atoms with Gasteiger partial charge >= 0.3 is 12.0 Å². The van der Waals surface area contributed by atoms with E-state index in [4.69, 9.17) is 21.4 Å². The highest BCUT2D eigenvalue weighted by Gasteiger charge is 2.11. The van der Waals surface area contributed by atoms with E-state index < -0.39 is 5.97 Å². The molecular formula is C13H21ClN4O3. The first-order valence-electron chi connectivity index (χ1n) is 6.96. The number of ether oxygens (including phenoxy) is 1. The van der Waals surface area contributed by atoms with Gasteiger partial charge in [0, 0.05) is 13.0 Å². The molecule has 0 amide bonds. The van der Waals surface area contributed by atoms with Gasteiger partial charge in [-0.2, -0.15) is 15.0 Å². The van der Waals surface area contributed by atoms with Crippen LogP contribution in [0.3, 0.4) is 0 Å². The fourth-order valence-electron chi connectivity index (χ4n) is 2.06. The van der Waals surface area contributed by atoms with E-state index in [1.54, 1.807) is 0 Å². The zero-order valence-electron chi connectivity index (χ0n) is 12.3. The van der Waals surface area contributed by atoms with E-state index in [1.165, 1.54) is 7.11 Å². The van der Waals surface area contributed by atoms with Gasteiger partial charge in [0.1, 0.15) is 0 Å². The molecule has 0 radical (unpaired) electrons. The number of anilines is 1. The Balaban J connectivity index is 2.45. The second kappa shape index (κ2) is 9.33. The molecule has 1 heterocycles. The van der Waals surface area contributed by atoms with E-state index in [0.717, 1.165) is 19.3 Å². The number of nitrogens with zero attached hydrogens (tertiary/aromatic N) is 3. The van der Waals surface area contributed by atoms with Crippen LogP contribution in [-0.2, 0) is 4.79 Å². The summed E-state index contributed by atoms with van der Waals surface area (Å²) in [4.78, 5) is 22.4. The molecule has 8 heteroatoms. The molecule has 21 heavy (non-hydrogen) atoms. The summed E-state index contributed by atoms with van der Waals surface area (Å²) in [6, 6.07) is 0.161. The van der Waals surface area contributed by atoms with Crippen LogP contribution >= 0.6 is 11.6 Å². The number of halogens is 1. The molecule has 1 unspecified atom stereocenters. The number of hydrogen-bond acceptors (Lipinski definition) is 6. The maximum absolute atomic E-state index is 10.6. The third-order valence-electron chi connectivity index (χ3n) is 3.07. The first kappa shape index (κ1) is 17.4. The summed E-state index contributed by atoms with van der Waals surface area (Å²) in [5.41, 5.74) is 0. The third kappa shape index (κ3) is 7.08. The summed E-state index contributed by atoms with van der Waals surface area (Å²) >= 11 is 5.76. The Morgan fingerprint density at radius 1 is 1.33 bits per heavy atom. The fourth-order valence-corrected chi connectivity index (χ4v) is 2.21. The van der Waals surface area contributed by atoms with Gasteiger partial charge in [-0.3, -0.25) is 4.79 Å². The first-order valence-corrected chi connectivity index (χ1v) is 7.34. The molecule has 2 N–H and O–H groups in total. The van der Waals surface area contributed by atoms with Crippen molar-refractivity contribution in [3.8, 4) is 6.01 Å². The van der Waals surface area contributed by atoms with Crippen molar-refractivity contribution in [2.45, 2.75) is 39.0 Å². The normalized spacial score (nSPS) is 12.0. The first-order chi connectivity index (χ1) is 10.0. The molecule has 0 aliphatic rings. The van der Waals surface area contributed by atoms with Crippen molar-refractivity contribution in [3.63, 3.8) is 0 Å². The highest BCUT2D eigenvalue weighted by molar-refractivity contribution is 6.28. The summed E-state index contributed by atoms with van der Waals surface area (Å²) < 4.78 is 4.91. The minimum atomic E-state index is -0.752. The lowest BCUT2D eigenvalue weighted by Crippen LogP contribution is -2.13. The highest BCUT2D eigenvalue weighted by atomic mass is 35.5. The van der Waals surface area contributed by atoms with Crippen LogP contribution in [-0.4, -0.2) is 39.7 Å². The Morgan fingerprint density at radius 2 is 2.10 bits per heavy atom. The number of carboxylic acid groups (broad SMARTS) is 1. The zero-order chi connectivity index (χ0) is 15.7. The number of carbonyl (C=O) groups is 1. The number of nitrogens with one attached hydrogen (secondary N) is 1. The Kier molecular flexibility index (Phi) is 7.74. The minimum Gasteiger partial charge on any atom is -0.481 e. The Hall–Kier alpha value is -1.63. The monoisotopic (exact) mass is 316 g/mol. The van der Waals surface area contributed by atoms with Gasteiger partial charge in [-0.15, -0.1) is 0 Å². The number of methoxy groups -OCH3 is 1. The topological polar surface area (TPSA) is 97.2 Å². The van der Waals surface area contributed by atoms with E-state index in [2.05, 4.69) is 27.2 Å². The van der Waals surface area contributed by atoms with E-state index in [0.29, 0.717) is 24.8 Å². The van der Waals surface area contributed by atoms with Crippen molar-refractivity contribution >= 4 is 23.5 Å². The van der Waals surface area contributed by atoms with Crippen molar-refractivity contribution in [1.82, 2.24) is 15.0 Å². The van der Waals surface area contributed by atoms with E-state index in [1.807, 2.05) is 0 Å². The summed E-state index contributed by atoms with van der Waals surface area (Å²) in [6.45, 7) is 2.74. The summed E-state index contributed by atoms with van der Waals surface area (Å²) in [5.74, 6) is -0.0174. The number of hydrogen-bond donors (Lipinski definition) is 2. The van der Waals surface area contributed by atoms with Crippen molar-refractivity contribution in [2.75, 3.05) is 19.0 Å². The predicted molar refractivity (Wildman–Crippen MR) is 79.8 cm³/mol. The largest absolute Gasteiger partial charge is 0.481 e. The van der Waals surface area contributed by atoms with Crippen LogP contribution < -0.4 is 10.1 Å². The molecule has 0 saturated heterocycles. The zero-order valence-corrected chi connectivity index (χ0v) is 13.1. The van der Waals surface area contributed by atoms with E-state index in [-0.39, 0.29) is 17.7 Å². The Morgan fingerprint density at radius 3 is 2.71 bits per heavy atom. The van der Waals surface area contributed by atoms with Crippen LogP contribution in [0.1, 0.15) is 39.0 Å². The van der Waals surface area contributed by atoms with E-state index >= 15 is 0 Å². The molecule has 0 saturated carbocycles. The highest BCUT2D eigenvalue weighted by Crippen LogP contribution is 2.18. The average Bonchev–Trinajstić information content (AvgIpc) is 2.44. The standard InChI is InChI=1S/C13H21ClN4O3/c1-3-4-9(5-6-10(19)20)7-8-15-12-16-11(14)17-13(18-12)21-2/h9H,3-8H2,1-2H3,(H,19,20)(H,15,16,17,18). The second-order valence-electron chi connectivity index (χ2n) is 4.72. The molecule has 0 bridgehead atoms.